The number of amides is 1. The molecular weight excluding hydrogens is 402 g/mol. The van der Waals surface area contributed by atoms with E-state index in [1.54, 1.807) is 24.6 Å². The van der Waals surface area contributed by atoms with Gasteiger partial charge in [0.25, 0.3) is 0 Å². The maximum atomic E-state index is 12.7. The van der Waals surface area contributed by atoms with Gasteiger partial charge in [-0.1, -0.05) is 17.3 Å². The van der Waals surface area contributed by atoms with E-state index in [2.05, 4.69) is 20.4 Å². The molecular formula is C21H21N5O3S. The van der Waals surface area contributed by atoms with E-state index in [1.807, 2.05) is 58.9 Å². The maximum Gasteiger partial charge on any atom is 0.227 e. The van der Waals surface area contributed by atoms with Gasteiger partial charge in [0.05, 0.1) is 7.11 Å². The number of carbonyl (C=O) groups is 1. The summed E-state index contributed by atoms with van der Waals surface area (Å²) in [5.74, 6) is 2.33. The molecule has 0 saturated carbocycles. The number of ether oxygens (including phenoxy) is 1. The zero-order chi connectivity index (χ0) is 20.9. The monoisotopic (exact) mass is 423 g/mol. The summed E-state index contributed by atoms with van der Waals surface area (Å²) >= 11 is 1.57. The number of aromatic nitrogens is 4. The molecule has 3 heterocycles. The molecule has 30 heavy (non-hydrogen) atoms. The molecule has 4 aromatic rings. The highest BCUT2D eigenvalue weighted by Gasteiger charge is 2.21. The van der Waals surface area contributed by atoms with Crippen molar-refractivity contribution in [3.8, 4) is 17.1 Å². The quantitative estimate of drug-likeness (QED) is 0.467. The van der Waals surface area contributed by atoms with E-state index in [0.29, 0.717) is 18.1 Å². The van der Waals surface area contributed by atoms with E-state index in [9.17, 15) is 4.79 Å². The Morgan fingerprint density at radius 2 is 2.13 bits per heavy atom. The van der Waals surface area contributed by atoms with Gasteiger partial charge in [0.1, 0.15) is 17.6 Å². The van der Waals surface area contributed by atoms with E-state index in [0.717, 1.165) is 22.7 Å². The molecule has 4 rings (SSSR count). The number of imidazole rings is 1. The van der Waals surface area contributed by atoms with Gasteiger partial charge in [0, 0.05) is 43.2 Å². The summed E-state index contributed by atoms with van der Waals surface area (Å²) < 4.78 is 12.4. The molecule has 0 saturated heterocycles. The van der Waals surface area contributed by atoms with E-state index < -0.39 is 0 Å². The van der Waals surface area contributed by atoms with Gasteiger partial charge in [-0.3, -0.25) is 4.79 Å². The van der Waals surface area contributed by atoms with Gasteiger partial charge in [-0.2, -0.15) is 16.3 Å². The lowest BCUT2D eigenvalue weighted by molar-refractivity contribution is -0.121. The zero-order valence-electron chi connectivity index (χ0n) is 16.6. The van der Waals surface area contributed by atoms with Gasteiger partial charge in [0.2, 0.25) is 17.6 Å². The molecule has 1 N–H and O–H groups in total. The number of aryl methyl sites for hydroxylation is 2. The van der Waals surface area contributed by atoms with Crippen LogP contribution in [0.15, 0.2) is 58.0 Å². The fourth-order valence-electron chi connectivity index (χ4n) is 3.07. The van der Waals surface area contributed by atoms with E-state index >= 15 is 0 Å². The molecule has 1 amide bonds. The Bertz CT molecular complexity index is 1100. The molecule has 1 aromatic carbocycles. The van der Waals surface area contributed by atoms with Crippen LogP contribution in [-0.2, 0) is 18.3 Å². The number of hydrogen-bond donors (Lipinski definition) is 1. The minimum atomic E-state index is -0.382. The summed E-state index contributed by atoms with van der Waals surface area (Å²) in [6.45, 7) is 0. The number of rotatable bonds is 8. The largest absolute Gasteiger partial charge is 0.497 e. The van der Waals surface area contributed by atoms with Crippen molar-refractivity contribution in [3.05, 3.63) is 70.8 Å². The van der Waals surface area contributed by atoms with Crippen LogP contribution in [0, 0.1) is 0 Å². The first kappa shape index (κ1) is 19.8. The first-order valence-electron chi connectivity index (χ1n) is 9.39. The van der Waals surface area contributed by atoms with Gasteiger partial charge >= 0.3 is 0 Å². The molecule has 8 nitrogen and oxygen atoms in total. The van der Waals surface area contributed by atoms with Crippen LogP contribution in [-0.4, -0.2) is 32.7 Å². The molecule has 0 aliphatic heterocycles. The van der Waals surface area contributed by atoms with Crippen molar-refractivity contribution in [2.75, 3.05) is 7.11 Å². The molecule has 3 aromatic heterocycles. The third-order valence-corrected chi connectivity index (χ3v) is 5.37. The van der Waals surface area contributed by atoms with Crippen molar-refractivity contribution in [3.63, 3.8) is 0 Å². The summed E-state index contributed by atoms with van der Waals surface area (Å²) in [5, 5.41) is 11.0. The Morgan fingerprint density at radius 3 is 2.80 bits per heavy atom. The number of methoxy groups -OCH3 is 1. The average molecular weight is 423 g/mol. The third-order valence-electron chi connectivity index (χ3n) is 4.68. The van der Waals surface area contributed by atoms with Crippen LogP contribution in [0.1, 0.15) is 29.7 Å². The van der Waals surface area contributed by atoms with Gasteiger partial charge < -0.3 is 19.1 Å². The lowest BCUT2D eigenvalue weighted by Crippen LogP contribution is -2.31. The van der Waals surface area contributed by atoms with Crippen molar-refractivity contribution < 1.29 is 14.1 Å². The van der Waals surface area contributed by atoms with Crippen LogP contribution in [0.5, 0.6) is 5.75 Å². The number of nitrogens with one attached hydrogen (secondary N) is 1. The van der Waals surface area contributed by atoms with Crippen LogP contribution < -0.4 is 10.1 Å². The van der Waals surface area contributed by atoms with Gasteiger partial charge in [-0.05, 0) is 29.1 Å². The fraction of sp³-hybridized carbons (Fsp3) is 0.238. The van der Waals surface area contributed by atoms with Crippen molar-refractivity contribution in [2.24, 2.45) is 7.05 Å². The summed E-state index contributed by atoms with van der Waals surface area (Å²) in [4.78, 5) is 21.5. The summed E-state index contributed by atoms with van der Waals surface area (Å²) in [5.41, 5.74) is 1.82. The predicted molar refractivity (Wildman–Crippen MR) is 112 cm³/mol. The SMILES string of the molecule is COc1ccc([C@@H](NC(=O)CCc2nc(-c3ccsc3)no2)c2nccn2C)cc1. The molecule has 0 radical (unpaired) electrons. The van der Waals surface area contributed by atoms with E-state index in [1.165, 1.54) is 0 Å². The Kier molecular flexibility index (Phi) is 5.89. The maximum absolute atomic E-state index is 12.7. The molecule has 0 aliphatic rings. The number of benzene rings is 1. The number of carbonyl (C=O) groups excluding carboxylic acids is 1. The molecule has 1 atom stereocenters. The first-order valence-corrected chi connectivity index (χ1v) is 10.3. The number of hydrogen-bond acceptors (Lipinski definition) is 7. The highest BCUT2D eigenvalue weighted by molar-refractivity contribution is 7.08. The summed E-state index contributed by atoms with van der Waals surface area (Å²) in [6.07, 6.45) is 4.14. The van der Waals surface area contributed by atoms with Crippen molar-refractivity contribution in [1.29, 1.82) is 0 Å². The topological polar surface area (TPSA) is 95.1 Å². The van der Waals surface area contributed by atoms with E-state index in [4.69, 9.17) is 9.26 Å². The van der Waals surface area contributed by atoms with Crippen LogP contribution in [0.4, 0.5) is 0 Å². The minimum absolute atomic E-state index is 0.130. The molecule has 0 aliphatic carbocycles. The third kappa shape index (κ3) is 4.41. The minimum Gasteiger partial charge on any atom is -0.497 e. The van der Waals surface area contributed by atoms with Gasteiger partial charge in [-0.25, -0.2) is 4.98 Å². The number of thiophene rings is 1. The summed E-state index contributed by atoms with van der Waals surface area (Å²) in [7, 11) is 3.52. The van der Waals surface area contributed by atoms with Crippen molar-refractivity contribution >= 4 is 17.2 Å². The summed E-state index contributed by atoms with van der Waals surface area (Å²) in [6, 6.07) is 9.11. The lowest BCUT2D eigenvalue weighted by atomic mass is 10.1. The van der Waals surface area contributed by atoms with Crippen LogP contribution in [0.2, 0.25) is 0 Å². The first-order chi connectivity index (χ1) is 14.6. The Labute approximate surface area is 177 Å². The van der Waals surface area contributed by atoms with Gasteiger partial charge in [0.15, 0.2) is 0 Å². The van der Waals surface area contributed by atoms with Crippen molar-refractivity contribution in [1.82, 2.24) is 25.0 Å². The predicted octanol–water partition coefficient (Wildman–Crippen LogP) is 3.38. The van der Waals surface area contributed by atoms with Crippen LogP contribution in [0.3, 0.4) is 0 Å². The second-order valence-corrected chi connectivity index (χ2v) is 7.47. The standard InChI is InChI=1S/C21H21N5O3S/c1-26-11-10-22-21(26)19(14-3-5-16(28-2)6-4-14)23-17(27)7-8-18-24-20(25-29-18)15-9-12-30-13-15/h3-6,9-13,19H,7-8H2,1-2H3,(H,23,27)/t19-/m1/s1. The van der Waals surface area contributed by atoms with E-state index in [-0.39, 0.29) is 18.4 Å². The Morgan fingerprint density at radius 1 is 1.30 bits per heavy atom. The molecule has 154 valence electrons. The number of nitrogens with zero attached hydrogens (tertiary/aromatic N) is 4. The molecule has 9 heteroatoms. The average Bonchev–Trinajstić information content (AvgIpc) is 3.52. The van der Waals surface area contributed by atoms with Crippen LogP contribution in [0.25, 0.3) is 11.4 Å². The second kappa shape index (κ2) is 8.91. The highest BCUT2D eigenvalue weighted by Crippen LogP contribution is 2.23. The van der Waals surface area contributed by atoms with Crippen LogP contribution >= 0.6 is 11.3 Å². The lowest BCUT2D eigenvalue weighted by Gasteiger charge is -2.19. The zero-order valence-corrected chi connectivity index (χ0v) is 17.4. The highest BCUT2D eigenvalue weighted by atomic mass is 32.1. The Balaban J connectivity index is 1.44. The molecule has 0 spiro atoms. The Hall–Kier alpha value is -3.46. The molecule has 0 unspecified atom stereocenters. The molecule has 0 fully saturated rings. The van der Waals surface area contributed by atoms with Crippen molar-refractivity contribution in [2.45, 2.75) is 18.9 Å². The smallest absolute Gasteiger partial charge is 0.227 e. The molecule has 0 bridgehead atoms. The fourth-order valence-corrected chi connectivity index (χ4v) is 3.70. The van der Waals surface area contributed by atoms with Gasteiger partial charge in [-0.15, -0.1) is 0 Å². The normalized spacial score (nSPS) is 11.9. The second-order valence-electron chi connectivity index (χ2n) is 6.69.